The van der Waals surface area contributed by atoms with Crippen LogP contribution in [0.4, 0.5) is 10.1 Å². The quantitative estimate of drug-likeness (QED) is 0.649. The third-order valence-electron chi connectivity index (χ3n) is 5.47. The van der Waals surface area contributed by atoms with Crippen molar-refractivity contribution in [3.8, 4) is 0 Å². The van der Waals surface area contributed by atoms with Crippen molar-refractivity contribution in [3.05, 3.63) is 76.6 Å². The van der Waals surface area contributed by atoms with Gasteiger partial charge in [0, 0.05) is 23.4 Å². The maximum atomic E-state index is 14.5. The van der Waals surface area contributed by atoms with Crippen molar-refractivity contribution in [2.75, 3.05) is 18.4 Å². The first-order valence-corrected chi connectivity index (χ1v) is 10.4. The first kappa shape index (κ1) is 21.0. The van der Waals surface area contributed by atoms with Crippen molar-refractivity contribution < 1.29 is 9.18 Å². The molecule has 29 heavy (non-hydrogen) atoms. The summed E-state index contributed by atoms with van der Waals surface area (Å²) in [6.45, 7) is 7.81. The third kappa shape index (κ3) is 4.83. The van der Waals surface area contributed by atoms with Crippen LogP contribution in [0.2, 0.25) is 0 Å². The van der Waals surface area contributed by atoms with Crippen molar-refractivity contribution in [2.45, 2.75) is 40.0 Å². The van der Waals surface area contributed by atoms with E-state index in [1.807, 2.05) is 39.0 Å². The molecule has 1 aliphatic rings. The van der Waals surface area contributed by atoms with Gasteiger partial charge in [0.25, 0.3) is 5.91 Å². The number of hydrogen-bond acceptors (Lipinski definition) is 2. The van der Waals surface area contributed by atoms with E-state index in [4.69, 9.17) is 0 Å². The van der Waals surface area contributed by atoms with Crippen molar-refractivity contribution >= 4 is 22.7 Å². The summed E-state index contributed by atoms with van der Waals surface area (Å²) < 4.78 is 14.5. The van der Waals surface area contributed by atoms with E-state index in [0.29, 0.717) is 16.8 Å². The highest BCUT2D eigenvalue weighted by molar-refractivity contribution is 6.05. The Kier molecular flexibility index (Phi) is 6.99. The normalized spacial score (nSPS) is 14.5. The van der Waals surface area contributed by atoms with E-state index < -0.39 is 0 Å². The zero-order valence-corrected chi connectivity index (χ0v) is 17.4. The highest BCUT2D eigenvalue weighted by Crippen LogP contribution is 2.26. The van der Waals surface area contributed by atoms with E-state index in [-0.39, 0.29) is 11.7 Å². The predicted octanol–water partition coefficient (Wildman–Crippen LogP) is 5.83. The molecule has 0 fully saturated rings. The third-order valence-corrected chi connectivity index (χ3v) is 5.47. The summed E-state index contributed by atoms with van der Waals surface area (Å²) >= 11 is 0. The Morgan fingerprint density at radius 2 is 1.97 bits per heavy atom. The Morgan fingerprint density at radius 3 is 2.59 bits per heavy atom. The van der Waals surface area contributed by atoms with Crippen molar-refractivity contribution in [1.29, 1.82) is 0 Å². The molecule has 0 bridgehead atoms. The molecule has 3 nitrogen and oxygen atoms in total. The van der Waals surface area contributed by atoms with Gasteiger partial charge in [-0.05, 0) is 79.3 Å². The first-order chi connectivity index (χ1) is 14.1. The molecule has 2 aromatic rings. The number of amides is 1. The molecule has 0 unspecified atom stereocenters. The Morgan fingerprint density at radius 1 is 1.17 bits per heavy atom. The van der Waals surface area contributed by atoms with Gasteiger partial charge >= 0.3 is 0 Å². The lowest BCUT2D eigenvalue weighted by Gasteiger charge is -2.17. The van der Waals surface area contributed by atoms with Crippen LogP contribution in [0, 0.1) is 5.82 Å². The fourth-order valence-electron chi connectivity index (χ4n) is 3.79. The number of allylic oxidation sites excluding steroid dienone is 2. The topological polar surface area (TPSA) is 41.1 Å². The SMILES string of the molecule is C/C=C(\CC)c1ccc(NC(=O)c2ccc(C3=CCNCC3)cc2CC)cc1F. The molecule has 1 aliphatic heterocycles. The van der Waals surface area contributed by atoms with Gasteiger partial charge in [0.05, 0.1) is 0 Å². The van der Waals surface area contributed by atoms with E-state index in [9.17, 15) is 9.18 Å². The largest absolute Gasteiger partial charge is 0.322 e. The molecule has 2 aromatic carbocycles. The lowest BCUT2D eigenvalue weighted by atomic mass is 9.94. The lowest BCUT2D eigenvalue weighted by molar-refractivity contribution is 0.102. The molecule has 0 saturated heterocycles. The van der Waals surface area contributed by atoms with Crippen LogP contribution in [0.5, 0.6) is 0 Å². The van der Waals surface area contributed by atoms with E-state index in [2.05, 4.69) is 22.8 Å². The molecule has 0 spiro atoms. The molecule has 3 rings (SSSR count). The summed E-state index contributed by atoms with van der Waals surface area (Å²) in [5.41, 5.74) is 6.14. The predicted molar refractivity (Wildman–Crippen MR) is 120 cm³/mol. The summed E-state index contributed by atoms with van der Waals surface area (Å²) in [4.78, 5) is 12.9. The minimum absolute atomic E-state index is 0.207. The number of carbonyl (C=O) groups is 1. The van der Waals surface area contributed by atoms with E-state index in [1.54, 1.807) is 12.1 Å². The number of carbonyl (C=O) groups excluding carboxylic acids is 1. The molecular weight excluding hydrogens is 363 g/mol. The zero-order chi connectivity index (χ0) is 20.8. The average Bonchev–Trinajstić information content (AvgIpc) is 2.76. The van der Waals surface area contributed by atoms with Gasteiger partial charge in [-0.1, -0.05) is 38.1 Å². The van der Waals surface area contributed by atoms with Crippen LogP contribution in [-0.2, 0) is 6.42 Å². The standard InChI is InChI=1S/C25H29FN2O/c1-4-17(5-2)22-10-8-21(16-24(22)26)28-25(29)23-9-7-20(15-18(23)6-3)19-11-13-27-14-12-19/h4,7-11,15-16,27H,5-6,12-14H2,1-3H3,(H,28,29)/b17-4+. The number of benzene rings is 2. The van der Waals surface area contributed by atoms with Gasteiger partial charge < -0.3 is 10.6 Å². The number of rotatable bonds is 6. The minimum atomic E-state index is -0.318. The average molecular weight is 393 g/mol. The maximum absolute atomic E-state index is 14.5. The number of aryl methyl sites for hydroxylation is 1. The number of nitrogens with one attached hydrogen (secondary N) is 2. The maximum Gasteiger partial charge on any atom is 0.255 e. The van der Waals surface area contributed by atoms with Gasteiger partial charge in [-0.3, -0.25) is 4.79 Å². The molecule has 4 heteroatoms. The Bertz CT molecular complexity index is 959. The zero-order valence-electron chi connectivity index (χ0n) is 17.4. The molecule has 1 amide bonds. The second-order valence-corrected chi connectivity index (χ2v) is 7.23. The molecule has 0 aliphatic carbocycles. The van der Waals surface area contributed by atoms with Gasteiger partial charge in [-0.15, -0.1) is 0 Å². The molecular formula is C25H29FN2O. The second-order valence-electron chi connectivity index (χ2n) is 7.23. The monoisotopic (exact) mass is 392 g/mol. The molecule has 0 radical (unpaired) electrons. The van der Waals surface area contributed by atoms with Crippen LogP contribution in [0.15, 0.2) is 48.6 Å². The first-order valence-electron chi connectivity index (χ1n) is 10.4. The second kappa shape index (κ2) is 9.66. The van der Waals surface area contributed by atoms with Crippen LogP contribution in [0.1, 0.15) is 60.7 Å². The van der Waals surface area contributed by atoms with E-state index in [0.717, 1.165) is 43.5 Å². The summed E-state index contributed by atoms with van der Waals surface area (Å²) in [6, 6.07) is 10.9. The van der Waals surface area contributed by atoms with Crippen LogP contribution < -0.4 is 10.6 Å². The number of hydrogen-bond donors (Lipinski definition) is 2. The molecule has 0 saturated carbocycles. The van der Waals surface area contributed by atoms with Crippen molar-refractivity contribution in [3.63, 3.8) is 0 Å². The van der Waals surface area contributed by atoms with Crippen LogP contribution in [0.25, 0.3) is 11.1 Å². The highest BCUT2D eigenvalue weighted by atomic mass is 19.1. The summed E-state index contributed by atoms with van der Waals surface area (Å²) in [5, 5.41) is 6.17. The molecule has 2 N–H and O–H groups in total. The fourth-order valence-corrected chi connectivity index (χ4v) is 3.79. The summed E-state index contributed by atoms with van der Waals surface area (Å²) in [7, 11) is 0. The number of anilines is 1. The van der Waals surface area contributed by atoms with Gasteiger partial charge in [-0.2, -0.15) is 0 Å². The molecule has 1 heterocycles. The smallest absolute Gasteiger partial charge is 0.255 e. The Balaban J connectivity index is 1.82. The fraction of sp³-hybridized carbons (Fsp3) is 0.320. The van der Waals surface area contributed by atoms with Gasteiger partial charge in [0.15, 0.2) is 0 Å². The van der Waals surface area contributed by atoms with Crippen LogP contribution >= 0.6 is 0 Å². The summed E-state index contributed by atoms with van der Waals surface area (Å²) in [6.07, 6.45) is 6.64. The molecule has 0 aromatic heterocycles. The molecule has 0 atom stereocenters. The van der Waals surface area contributed by atoms with Gasteiger partial charge in [-0.25, -0.2) is 4.39 Å². The number of halogens is 1. The minimum Gasteiger partial charge on any atom is -0.322 e. The van der Waals surface area contributed by atoms with E-state index in [1.165, 1.54) is 17.2 Å². The Labute approximate surface area is 172 Å². The summed E-state index contributed by atoms with van der Waals surface area (Å²) in [5.74, 6) is -0.525. The molecule has 152 valence electrons. The van der Waals surface area contributed by atoms with Crippen LogP contribution in [-0.4, -0.2) is 19.0 Å². The van der Waals surface area contributed by atoms with Gasteiger partial charge in [0.2, 0.25) is 0 Å². The Hall–Kier alpha value is -2.72. The van der Waals surface area contributed by atoms with E-state index >= 15 is 0 Å². The van der Waals surface area contributed by atoms with Crippen molar-refractivity contribution in [2.24, 2.45) is 0 Å². The van der Waals surface area contributed by atoms with Crippen LogP contribution in [0.3, 0.4) is 0 Å². The van der Waals surface area contributed by atoms with Gasteiger partial charge in [0.1, 0.15) is 5.82 Å². The highest BCUT2D eigenvalue weighted by Gasteiger charge is 2.15. The van der Waals surface area contributed by atoms with Crippen molar-refractivity contribution in [1.82, 2.24) is 5.32 Å². The lowest BCUT2D eigenvalue weighted by Crippen LogP contribution is -2.20.